The highest BCUT2D eigenvalue weighted by Gasteiger charge is 2.17. The zero-order valence-corrected chi connectivity index (χ0v) is 10.2. The van der Waals surface area contributed by atoms with E-state index in [0.29, 0.717) is 6.42 Å². The zero-order valence-electron chi connectivity index (χ0n) is 10.2. The molecular weight excluding hydrogens is 214 g/mol. The molecule has 0 atom stereocenters. The third kappa shape index (κ3) is 2.70. The lowest BCUT2D eigenvalue weighted by Gasteiger charge is -2.31. The number of aryl methyl sites for hydroxylation is 1. The minimum atomic E-state index is 0.0903. The summed E-state index contributed by atoms with van der Waals surface area (Å²) in [5, 5.41) is 2.65. The van der Waals surface area contributed by atoms with Crippen LogP contribution >= 0.6 is 0 Å². The molecule has 0 bridgehead atoms. The monoisotopic (exact) mass is 233 g/mol. The SMILES string of the molecule is CNC(=O)CCN1CCCc2cc(N)ccc21. The molecule has 3 N–H and O–H groups in total. The van der Waals surface area contributed by atoms with Crippen molar-refractivity contribution in [3.63, 3.8) is 0 Å². The van der Waals surface area contributed by atoms with Gasteiger partial charge in [-0.2, -0.15) is 0 Å². The first-order chi connectivity index (χ1) is 8.20. The molecule has 0 saturated heterocycles. The average Bonchev–Trinajstić information content (AvgIpc) is 2.35. The number of benzene rings is 1. The molecule has 1 heterocycles. The lowest BCUT2D eigenvalue weighted by Crippen LogP contribution is -2.33. The minimum absolute atomic E-state index is 0.0903. The summed E-state index contributed by atoms with van der Waals surface area (Å²) in [5.41, 5.74) is 9.14. The van der Waals surface area contributed by atoms with E-state index < -0.39 is 0 Å². The number of carbonyl (C=O) groups excluding carboxylic acids is 1. The van der Waals surface area contributed by atoms with Gasteiger partial charge in [0.05, 0.1) is 0 Å². The van der Waals surface area contributed by atoms with Gasteiger partial charge in [0.2, 0.25) is 5.91 Å². The van der Waals surface area contributed by atoms with Gasteiger partial charge in [0.25, 0.3) is 0 Å². The molecule has 92 valence electrons. The van der Waals surface area contributed by atoms with E-state index in [1.807, 2.05) is 12.1 Å². The molecule has 1 aliphatic heterocycles. The van der Waals surface area contributed by atoms with Gasteiger partial charge in [-0.25, -0.2) is 0 Å². The largest absolute Gasteiger partial charge is 0.399 e. The van der Waals surface area contributed by atoms with Gasteiger partial charge in [0.1, 0.15) is 0 Å². The van der Waals surface area contributed by atoms with Crippen LogP contribution in [0.3, 0.4) is 0 Å². The molecule has 0 spiro atoms. The smallest absolute Gasteiger partial charge is 0.221 e. The van der Waals surface area contributed by atoms with Crippen LogP contribution in [0.2, 0.25) is 0 Å². The molecule has 0 unspecified atom stereocenters. The molecule has 0 fully saturated rings. The maximum Gasteiger partial charge on any atom is 0.221 e. The Morgan fingerprint density at radius 1 is 1.53 bits per heavy atom. The number of amides is 1. The van der Waals surface area contributed by atoms with Gasteiger partial charge in [-0.1, -0.05) is 0 Å². The number of carbonyl (C=O) groups is 1. The van der Waals surface area contributed by atoms with Crippen LogP contribution in [0.4, 0.5) is 11.4 Å². The Labute approximate surface area is 102 Å². The average molecular weight is 233 g/mol. The summed E-state index contributed by atoms with van der Waals surface area (Å²) in [4.78, 5) is 13.5. The second kappa shape index (κ2) is 5.08. The number of anilines is 2. The van der Waals surface area contributed by atoms with Gasteiger partial charge in [-0.15, -0.1) is 0 Å². The molecule has 1 amide bonds. The van der Waals surface area contributed by atoms with E-state index in [1.165, 1.54) is 11.3 Å². The second-order valence-electron chi connectivity index (χ2n) is 4.40. The van der Waals surface area contributed by atoms with Gasteiger partial charge < -0.3 is 16.0 Å². The molecule has 0 saturated carbocycles. The van der Waals surface area contributed by atoms with Crippen LogP contribution in [0.15, 0.2) is 18.2 Å². The third-order valence-corrected chi connectivity index (χ3v) is 3.21. The Morgan fingerprint density at radius 2 is 2.35 bits per heavy atom. The molecular formula is C13H19N3O. The molecule has 1 aromatic carbocycles. The fourth-order valence-electron chi connectivity index (χ4n) is 2.29. The predicted octanol–water partition coefficient (Wildman–Crippen LogP) is 1.16. The molecule has 4 nitrogen and oxygen atoms in total. The number of fused-ring (bicyclic) bond motifs is 1. The molecule has 1 aromatic rings. The van der Waals surface area contributed by atoms with Crippen molar-refractivity contribution in [3.05, 3.63) is 23.8 Å². The van der Waals surface area contributed by atoms with Gasteiger partial charge in [-0.3, -0.25) is 4.79 Å². The Bertz CT molecular complexity index is 417. The Hall–Kier alpha value is -1.71. The lowest BCUT2D eigenvalue weighted by atomic mass is 10.0. The van der Waals surface area contributed by atoms with E-state index >= 15 is 0 Å². The number of rotatable bonds is 3. The third-order valence-electron chi connectivity index (χ3n) is 3.21. The van der Waals surface area contributed by atoms with Gasteiger partial charge >= 0.3 is 0 Å². The summed E-state index contributed by atoms with van der Waals surface area (Å²) in [5.74, 6) is 0.0903. The molecule has 0 aliphatic carbocycles. The van der Waals surface area contributed by atoms with E-state index in [-0.39, 0.29) is 5.91 Å². The zero-order chi connectivity index (χ0) is 12.3. The van der Waals surface area contributed by atoms with E-state index in [1.54, 1.807) is 7.05 Å². The van der Waals surface area contributed by atoms with Crippen molar-refractivity contribution in [2.24, 2.45) is 0 Å². The summed E-state index contributed by atoms with van der Waals surface area (Å²) < 4.78 is 0. The fourth-order valence-corrected chi connectivity index (χ4v) is 2.29. The standard InChI is InChI=1S/C13H19N3O/c1-15-13(17)6-8-16-7-2-3-10-9-11(14)4-5-12(10)16/h4-5,9H,2-3,6-8,14H2,1H3,(H,15,17). The van der Waals surface area contributed by atoms with Crippen molar-refractivity contribution in [3.8, 4) is 0 Å². The second-order valence-corrected chi connectivity index (χ2v) is 4.40. The number of hydrogen-bond acceptors (Lipinski definition) is 3. The quantitative estimate of drug-likeness (QED) is 0.770. The van der Waals surface area contributed by atoms with Gasteiger partial charge in [0, 0.05) is 37.9 Å². The van der Waals surface area contributed by atoms with Crippen molar-refractivity contribution in [1.82, 2.24) is 5.32 Å². The van der Waals surface area contributed by atoms with Crippen molar-refractivity contribution < 1.29 is 4.79 Å². The highest BCUT2D eigenvalue weighted by molar-refractivity contribution is 5.76. The van der Waals surface area contributed by atoms with Crippen molar-refractivity contribution in [2.75, 3.05) is 30.8 Å². The molecule has 0 aromatic heterocycles. The van der Waals surface area contributed by atoms with Crippen LogP contribution in [0, 0.1) is 0 Å². The first kappa shape index (κ1) is 11.8. The maximum atomic E-state index is 11.3. The highest BCUT2D eigenvalue weighted by Crippen LogP contribution is 2.28. The van der Waals surface area contributed by atoms with Crippen LogP contribution in [0.1, 0.15) is 18.4 Å². The summed E-state index contributed by atoms with van der Waals surface area (Å²) >= 11 is 0. The van der Waals surface area contributed by atoms with Gasteiger partial charge in [-0.05, 0) is 36.6 Å². The van der Waals surface area contributed by atoms with Crippen LogP contribution in [-0.2, 0) is 11.2 Å². The van der Waals surface area contributed by atoms with E-state index in [9.17, 15) is 4.79 Å². The van der Waals surface area contributed by atoms with Crippen LogP contribution in [-0.4, -0.2) is 26.0 Å². The van der Waals surface area contributed by atoms with Crippen LogP contribution < -0.4 is 16.0 Å². The number of nitrogen functional groups attached to an aromatic ring is 1. The van der Waals surface area contributed by atoms with E-state index in [4.69, 9.17) is 5.73 Å². The van der Waals surface area contributed by atoms with Crippen LogP contribution in [0.25, 0.3) is 0 Å². The Balaban J connectivity index is 2.09. The van der Waals surface area contributed by atoms with E-state index in [2.05, 4.69) is 16.3 Å². The Morgan fingerprint density at radius 3 is 3.12 bits per heavy atom. The lowest BCUT2D eigenvalue weighted by molar-refractivity contribution is -0.120. The molecule has 0 radical (unpaired) electrons. The molecule has 4 heteroatoms. The number of hydrogen-bond donors (Lipinski definition) is 2. The number of nitrogens with one attached hydrogen (secondary N) is 1. The molecule has 17 heavy (non-hydrogen) atoms. The summed E-state index contributed by atoms with van der Waals surface area (Å²) in [6.45, 7) is 1.80. The summed E-state index contributed by atoms with van der Waals surface area (Å²) in [6, 6.07) is 6.03. The Kier molecular flexibility index (Phi) is 3.52. The van der Waals surface area contributed by atoms with Crippen molar-refractivity contribution >= 4 is 17.3 Å². The summed E-state index contributed by atoms with van der Waals surface area (Å²) in [7, 11) is 1.67. The van der Waals surface area contributed by atoms with E-state index in [0.717, 1.165) is 31.6 Å². The maximum absolute atomic E-state index is 11.3. The first-order valence-electron chi connectivity index (χ1n) is 6.04. The first-order valence-corrected chi connectivity index (χ1v) is 6.04. The van der Waals surface area contributed by atoms with Crippen molar-refractivity contribution in [1.29, 1.82) is 0 Å². The van der Waals surface area contributed by atoms with Gasteiger partial charge in [0.15, 0.2) is 0 Å². The van der Waals surface area contributed by atoms with Crippen LogP contribution in [0.5, 0.6) is 0 Å². The topological polar surface area (TPSA) is 58.4 Å². The minimum Gasteiger partial charge on any atom is -0.399 e. The summed E-state index contributed by atoms with van der Waals surface area (Å²) in [6.07, 6.45) is 2.75. The molecule has 2 rings (SSSR count). The molecule has 1 aliphatic rings. The number of nitrogens with two attached hydrogens (primary N) is 1. The highest BCUT2D eigenvalue weighted by atomic mass is 16.1. The fraction of sp³-hybridized carbons (Fsp3) is 0.462. The predicted molar refractivity (Wildman–Crippen MR) is 70.1 cm³/mol. The van der Waals surface area contributed by atoms with Crippen molar-refractivity contribution in [2.45, 2.75) is 19.3 Å². The number of nitrogens with zero attached hydrogens (tertiary/aromatic N) is 1. The normalized spacial score (nSPS) is 14.3.